The number of anilines is 2. The monoisotopic (exact) mass is 258 g/mol. The molecular formula is C15H12F2N2. The molecule has 0 aromatic heterocycles. The quantitative estimate of drug-likeness (QED) is 0.815. The Labute approximate surface area is 110 Å². The molecule has 0 aliphatic carbocycles. The topological polar surface area (TPSA) is 6.48 Å². The third-order valence-electron chi connectivity index (χ3n) is 3.07. The predicted octanol–water partition coefficient (Wildman–Crippen LogP) is 3.29. The van der Waals surface area contributed by atoms with Gasteiger partial charge >= 0.3 is 0 Å². The van der Waals surface area contributed by atoms with E-state index in [0.717, 1.165) is 24.5 Å². The third-order valence-corrected chi connectivity index (χ3v) is 3.07. The third kappa shape index (κ3) is 2.52. The minimum absolute atomic E-state index is 0.252. The van der Waals surface area contributed by atoms with Gasteiger partial charge in [0.05, 0.1) is 0 Å². The van der Waals surface area contributed by atoms with E-state index in [0.29, 0.717) is 0 Å². The number of rotatable bonds is 2. The van der Waals surface area contributed by atoms with Crippen molar-refractivity contribution in [2.75, 3.05) is 22.9 Å². The molecule has 0 saturated carbocycles. The maximum atomic E-state index is 12.9. The molecule has 1 aliphatic rings. The van der Waals surface area contributed by atoms with Gasteiger partial charge in [-0.2, -0.15) is 0 Å². The Hall–Kier alpha value is -2.10. The second-order valence-electron chi connectivity index (χ2n) is 4.36. The molecule has 2 aromatic carbocycles. The lowest BCUT2D eigenvalue weighted by molar-refractivity contribution is 0.627. The van der Waals surface area contributed by atoms with Crippen LogP contribution in [-0.2, 0) is 0 Å². The molecule has 19 heavy (non-hydrogen) atoms. The van der Waals surface area contributed by atoms with Crippen LogP contribution in [0.5, 0.6) is 0 Å². The number of benzene rings is 2. The van der Waals surface area contributed by atoms with Gasteiger partial charge in [-0.05, 0) is 48.5 Å². The van der Waals surface area contributed by atoms with Gasteiger partial charge in [0.2, 0.25) is 6.67 Å². The van der Waals surface area contributed by atoms with Gasteiger partial charge < -0.3 is 9.80 Å². The van der Waals surface area contributed by atoms with Crippen molar-refractivity contribution < 1.29 is 8.78 Å². The summed E-state index contributed by atoms with van der Waals surface area (Å²) in [6, 6.07) is 12.6. The first-order valence-electron chi connectivity index (χ1n) is 6.05. The zero-order valence-electron chi connectivity index (χ0n) is 10.2. The van der Waals surface area contributed by atoms with E-state index in [1.165, 1.54) is 24.3 Å². The van der Waals surface area contributed by atoms with Crippen LogP contribution in [0.25, 0.3) is 0 Å². The summed E-state index contributed by atoms with van der Waals surface area (Å²) in [6.07, 6.45) is 0. The molecule has 0 N–H and O–H groups in total. The molecule has 0 unspecified atom stereocenters. The van der Waals surface area contributed by atoms with Crippen molar-refractivity contribution >= 4 is 11.4 Å². The summed E-state index contributed by atoms with van der Waals surface area (Å²) in [5, 5.41) is 0. The fraction of sp³-hybridized carbons (Fsp3) is 0.133. The summed E-state index contributed by atoms with van der Waals surface area (Å²) in [5.74, 6) is -0.503. The van der Waals surface area contributed by atoms with E-state index in [2.05, 4.69) is 6.67 Å². The Morgan fingerprint density at radius 1 is 0.684 bits per heavy atom. The Morgan fingerprint density at radius 2 is 1.05 bits per heavy atom. The van der Waals surface area contributed by atoms with Crippen molar-refractivity contribution in [1.82, 2.24) is 0 Å². The van der Waals surface area contributed by atoms with E-state index in [1.54, 1.807) is 24.3 Å². The van der Waals surface area contributed by atoms with E-state index in [1.807, 2.05) is 9.80 Å². The molecule has 1 aliphatic heterocycles. The number of nitrogens with zero attached hydrogens (tertiary/aromatic N) is 2. The highest BCUT2D eigenvalue weighted by atomic mass is 19.1. The van der Waals surface area contributed by atoms with Gasteiger partial charge in [-0.15, -0.1) is 0 Å². The van der Waals surface area contributed by atoms with Crippen LogP contribution in [0.2, 0.25) is 0 Å². The summed E-state index contributed by atoms with van der Waals surface area (Å²) in [5.41, 5.74) is 1.79. The molecule has 0 amide bonds. The van der Waals surface area contributed by atoms with Crippen molar-refractivity contribution in [3.05, 3.63) is 66.8 Å². The lowest BCUT2D eigenvalue weighted by atomic mass is 10.3. The van der Waals surface area contributed by atoms with Crippen LogP contribution in [0.3, 0.4) is 0 Å². The Bertz CT molecular complexity index is 500. The summed E-state index contributed by atoms with van der Waals surface area (Å²) in [7, 11) is 0. The minimum atomic E-state index is -0.252. The van der Waals surface area contributed by atoms with Gasteiger partial charge in [0, 0.05) is 24.5 Å². The van der Waals surface area contributed by atoms with Crippen LogP contribution >= 0.6 is 0 Å². The van der Waals surface area contributed by atoms with Gasteiger partial charge in [0.15, 0.2) is 0 Å². The predicted molar refractivity (Wildman–Crippen MR) is 70.7 cm³/mol. The van der Waals surface area contributed by atoms with Crippen LogP contribution < -0.4 is 9.80 Å². The minimum Gasteiger partial charge on any atom is -0.339 e. The molecule has 1 saturated heterocycles. The molecule has 2 nitrogen and oxygen atoms in total. The molecular weight excluding hydrogens is 246 g/mol. The van der Waals surface area contributed by atoms with Crippen molar-refractivity contribution in [3.8, 4) is 0 Å². The van der Waals surface area contributed by atoms with Crippen LogP contribution in [0.1, 0.15) is 0 Å². The first-order chi connectivity index (χ1) is 9.22. The summed E-state index contributed by atoms with van der Waals surface area (Å²) in [6.45, 7) is 4.72. The van der Waals surface area contributed by atoms with E-state index < -0.39 is 0 Å². The van der Waals surface area contributed by atoms with Crippen molar-refractivity contribution in [2.45, 2.75) is 0 Å². The molecule has 1 heterocycles. The van der Waals surface area contributed by atoms with Gasteiger partial charge in [-0.25, -0.2) is 8.78 Å². The van der Waals surface area contributed by atoms with Crippen molar-refractivity contribution in [2.24, 2.45) is 0 Å². The zero-order valence-corrected chi connectivity index (χ0v) is 10.2. The average molecular weight is 258 g/mol. The van der Waals surface area contributed by atoms with Crippen LogP contribution in [0.4, 0.5) is 20.2 Å². The lowest BCUT2D eigenvalue weighted by Gasteiger charge is -2.18. The molecule has 96 valence electrons. The first-order valence-corrected chi connectivity index (χ1v) is 6.05. The summed E-state index contributed by atoms with van der Waals surface area (Å²) >= 11 is 0. The highest BCUT2D eigenvalue weighted by Gasteiger charge is 2.22. The molecule has 0 atom stereocenters. The molecule has 2 radical (unpaired) electrons. The SMILES string of the molecule is Fc1ccc(N2[C]N(c3ccc(F)cc3)CC2)cc1. The Kier molecular flexibility index (Phi) is 3.07. The van der Waals surface area contributed by atoms with Gasteiger partial charge in [-0.3, -0.25) is 0 Å². The Balaban J connectivity index is 1.73. The fourth-order valence-electron chi connectivity index (χ4n) is 2.06. The lowest BCUT2D eigenvalue weighted by Crippen LogP contribution is -2.18. The molecule has 0 bridgehead atoms. The smallest absolute Gasteiger partial charge is 0.208 e. The number of hydrogen-bond acceptors (Lipinski definition) is 2. The largest absolute Gasteiger partial charge is 0.339 e. The van der Waals surface area contributed by atoms with E-state index >= 15 is 0 Å². The van der Waals surface area contributed by atoms with E-state index in [-0.39, 0.29) is 11.6 Å². The summed E-state index contributed by atoms with van der Waals surface area (Å²) in [4.78, 5) is 3.84. The number of halogens is 2. The van der Waals surface area contributed by atoms with Gasteiger partial charge in [0.1, 0.15) is 11.6 Å². The fourth-order valence-corrected chi connectivity index (χ4v) is 2.06. The molecule has 3 rings (SSSR count). The highest BCUT2D eigenvalue weighted by Crippen LogP contribution is 2.25. The van der Waals surface area contributed by atoms with Crippen molar-refractivity contribution in [3.63, 3.8) is 0 Å². The summed E-state index contributed by atoms with van der Waals surface area (Å²) < 4.78 is 25.7. The second-order valence-corrected chi connectivity index (χ2v) is 4.36. The molecule has 0 spiro atoms. The standard InChI is InChI=1S/C15H12F2N2/c16-12-1-5-14(6-2-12)18-9-10-19(11-18)15-7-3-13(17)4-8-15/h1-8H,9-10H2. The van der Waals surface area contributed by atoms with Gasteiger partial charge in [-0.1, -0.05) is 0 Å². The van der Waals surface area contributed by atoms with Crippen LogP contribution in [0.15, 0.2) is 48.5 Å². The normalized spacial score (nSPS) is 15.1. The van der Waals surface area contributed by atoms with Crippen molar-refractivity contribution in [1.29, 1.82) is 0 Å². The van der Waals surface area contributed by atoms with E-state index in [9.17, 15) is 8.78 Å². The molecule has 4 heteroatoms. The molecule has 2 aromatic rings. The van der Waals surface area contributed by atoms with Crippen LogP contribution in [-0.4, -0.2) is 13.1 Å². The first kappa shape index (κ1) is 12.0. The number of hydrogen-bond donors (Lipinski definition) is 0. The van der Waals surface area contributed by atoms with E-state index in [4.69, 9.17) is 0 Å². The van der Waals surface area contributed by atoms with Gasteiger partial charge in [0.25, 0.3) is 0 Å². The Morgan fingerprint density at radius 3 is 1.42 bits per heavy atom. The maximum Gasteiger partial charge on any atom is 0.208 e. The average Bonchev–Trinajstić information content (AvgIpc) is 2.90. The van der Waals surface area contributed by atoms with Crippen LogP contribution in [0, 0.1) is 18.3 Å². The maximum absolute atomic E-state index is 12.9. The second kappa shape index (κ2) is 4.88. The highest BCUT2D eigenvalue weighted by molar-refractivity contribution is 5.57. The zero-order chi connectivity index (χ0) is 13.2. The molecule has 1 fully saturated rings.